The van der Waals surface area contributed by atoms with Gasteiger partial charge in [-0.1, -0.05) is 27.5 Å². The van der Waals surface area contributed by atoms with Crippen LogP contribution in [0.15, 0.2) is 52.0 Å². The van der Waals surface area contributed by atoms with Crippen molar-refractivity contribution in [2.75, 3.05) is 4.72 Å². The van der Waals surface area contributed by atoms with E-state index in [0.717, 1.165) is 14.9 Å². The minimum Gasteiger partial charge on any atom is -0.263 e. The number of rotatable bonds is 4. The minimum atomic E-state index is -3.72. The monoisotopic (exact) mass is 456 g/mol. The number of aryl methyl sites for hydroxylation is 2. The van der Waals surface area contributed by atoms with Gasteiger partial charge < -0.3 is 0 Å². The Bertz CT molecular complexity index is 1010. The predicted molar refractivity (Wildman–Crippen MR) is 107 cm³/mol. The summed E-state index contributed by atoms with van der Waals surface area (Å²) in [4.78, 5) is 5.46. The van der Waals surface area contributed by atoms with Crippen molar-refractivity contribution in [2.24, 2.45) is 0 Å². The fourth-order valence-electron chi connectivity index (χ4n) is 2.58. The van der Waals surface area contributed by atoms with E-state index in [0.29, 0.717) is 15.5 Å². The van der Waals surface area contributed by atoms with Crippen molar-refractivity contribution < 1.29 is 8.42 Å². The van der Waals surface area contributed by atoms with Crippen LogP contribution in [-0.2, 0) is 10.0 Å². The van der Waals surface area contributed by atoms with E-state index in [9.17, 15) is 8.42 Å². The van der Waals surface area contributed by atoms with Crippen molar-refractivity contribution in [1.29, 1.82) is 0 Å². The predicted octanol–water partition coefficient (Wildman–Crippen LogP) is 5.64. The van der Waals surface area contributed by atoms with Crippen molar-refractivity contribution in [3.8, 4) is 10.4 Å². The summed E-state index contributed by atoms with van der Waals surface area (Å²) in [5.74, 6) is 0.271. The number of halogens is 2. The van der Waals surface area contributed by atoms with Crippen molar-refractivity contribution in [3.63, 3.8) is 0 Å². The Kier molecular flexibility index (Phi) is 5.20. The molecule has 130 valence electrons. The van der Waals surface area contributed by atoms with Gasteiger partial charge in [0.05, 0.1) is 9.23 Å². The number of nitrogens with one attached hydrogen (secondary N) is 1. The minimum absolute atomic E-state index is 0.270. The van der Waals surface area contributed by atoms with Crippen LogP contribution in [0.1, 0.15) is 11.1 Å². The Balaban J connectivity index is 1.89. The lowest BCUT2D eigenvalue weighted by Gasteiger charge is -2.13. The molecule has 2 aromatic heterocycles. The molecule has 25 heavy (non-hydrogen) atoms. The van der Waals surface area contributed by atoms with Gasteiger partial charge >= 0.3 is 0 Å². The molecular weight excluding hydrogens is 444 g/mol. The van der Waals surface area contributed by atoms with Crippen LogP contribution in [0.5, 0.6) is 0 Å². The van der Waals surface area contributed by atoms with Crippen LogP contribution in [0.3, 0.4) is 0 Å². The molecule has 0 amide bonds. The molecule has 0 aliphatic rings. The number of hydrogen-bond acceptors (Lipinski definition) is 4. The second-order valence-corrected chi connectivity index (χ2v) is 9.76. The van der Waals surface area contributed by atoms with Gasteiger partial charge in [-0.3, -0.25) is 4.72 Å². The van der Waals surface area contributed by atoms with Crippen LogP contribution in [0.25, 0.3) is 10.4 Å². The number of anilines is 1. The van der Waals surface area contributed by atoms with Gasteiger partial charge in [0.2, 0.25) is 0 Å². The highest BCUT2D eigenvalue weighted by molar-refractivity contribution is 9.10. The van der Waals surface area contributed by atoms with Crippen molar-refractivity contribution >= 4 is 54.7 Å². The number of benzene rings is 1. The molecule has 0 saturated carbocycles. The summed E-state index contributed by atoms with van der Waals surface area (Å²) < 4.78 is 29.5. The molecule has 0 aliphatic carbocycles. The molecule has 0 radical (unpaired) electrons. The lowest BCUT2D eigenvalue weighted by molar-refractivity contribution is 0.600. The Morgan fingerprint density at radius 3 is 2.32 bits per heavy atom. The summed E-state index contributed by atoms with van der Waals surface area (Å²) in [6, 6.07) is 10.7. The largest absolute Gasteiger partial charge is 0.263 e. The Hall–Kier alpha value is -1.41. The van der Waals surface area contributed by atoms with E-state index < -0.39 is 10.0 Å². The quantitative estimate of drug-likeness (QED) is 0.551. The number of nitrogens with zero attached hydrogens (tertiary/aromatic N) is 1. The molecule has 0 fully saturated rings. The van der Waals surface area contributed by atoms with Crippen molar-refractivity contribution in [2.45, 2.75) is 18.7 Å². The zero-order chi connectivity index (χ0) is 18.2. The van der Waals surface area contributed by atoms with Gasteiger partial charge in [-0.2, -0.15) is 0 Å². The fraction of sp³-hybridized carbons (Fsp3) is 0.118. The first kappa shape index (κ1) is 18.4. The van der Waals surface area contributed by atoms with Crippen LogP contribution < -0.4 is 4.72 Å². The molecule has 3 aromatic rings. The summed E-state index contributed by atoms with van der Waals surface area (Å²) in [7, 11) is -3.72. The fourth-order valence-corrected chi connectivity index (χ4v) is 5.76. The molecule has 2 heterocycles. The number of aromatic nitrogens is 1. The summed E-state index contributed by atoms with van der Waals surface area (Å²) in [5.41, 5.74) is 2.23. The van der Waals surface area contributed by atoms with Gasteiger partial charge in [0.25, 0.3) is 10.0 Å². The molecule has 0 bridgehead atoms. The lowest BCUT2D eigenvalue weighted by Crippen LogP contribution is -2.16. The number of sulfonamides is 1. The lowest BCUT2D eigenvalue weighted by atomic mass is 10.2. The normalized spacial score (nSPS) is 11.5. The van der Waals surface area contributed by atoms with Crippen molar-refractivity contribution in [1.82, 2.24) is 4.98 Å². The summed E-state index contributed by atoms with van der Waals surface area (Å²) in [6.45, 7) is 3.53. The third kappa shape index (κ3) is 4.06. The zero-order valence-corrected chi connectivity index (χ0v) is 17.4. The first-order valence-corrected chi connectivity index (χ1v) is 10.7. The standard InChI is InChI=1S/C17H14BrClN2O2S2/c1-10-7-13(18)8-11(2)17(10)25(22,23)21-16-6-3-12(9-20-16)14-4-5-15(19)24-14/h3-9H,1-2H3,(H,20,21). The Morgan fingerprint density at radius 1 is 1.12 bits per heavy atom. The van der Waals surface area contributed by atoms with E-state index in [-0.39, 0.29) is 10.7 Å². The molecule has 1 aromatic carbocycles. The molecule has 0 aliphatic heterocycles. The smallest absolute Gasteiger partial charge is 0.263 e. The third-order valence-corrected chi connectivity index (χ3v) is 6.95. The van der Waals surface area contributed by atoms with Crippen molar-refractivity contribution in [3.05, 3.63) is 62.5 Å². The van der Waals surface area contributed by atoms with Crippen LogP contribution in [0, 0.1) is 13.8 Å². The van der Waals surface area contributed by atoms with E-state index >= 15 is 0 Å². The SMILES string of the molecule is Cc1cc(Br)cc(C)c1S(=O)(=O)Nc1ccc(-c2ccc(Cl)s2)cn1. The molecule has 4 nitrogen and oxygen atoms in total. The average Bonchev–Trinajstić information content (AvgIpc) is 2.92. The van der Waals surface area contributed by atoms with Crippen LogP contribution in [-0.4, -0.2) is 13.4 Å². The highest BCUT2D eigenvalue weighted by atomic mass is 79.9. The average molecular weight is 458 g/mol. The van der Waals surface area contributed by atoms with E-state index in [4.69, 9.17) is 11.6 Å². The number of thiophene rings is 1. The van der Waals surface area contributed by atoms with Gasteiger partial charge in [-0.25, -0.2) is 13.4 Å². The molecule has 3 rings (SSSR count). The van der Waals surface area contributed by atoms with Gasteiger partial charge in [-0.05, 0) is 61.4 Å². The maximum absolute atomic E-state index is 12.7. The van der Waals surface area contributed by atoms with Crippen LogP contribution in [0.4, 0.5) is 5.82 Å². The third-order valence-electron chi connectivity index (χ3n) is 3.55. The van der Waals surface area contributed by atoms with Crippen LogP contribution >= 0.6 is 38.9 Å². The maximum Gasteiger partial charge on any atom is 0.263 e. The van der Waals surface area contributed by atoms with Gasteiger partial charge in [0.1, 0.15) is 5.82 Å². The molecule has 8 heteroatoms. The summed E-state index contributed by atoms with van der Waals surface area (Å²) in [5, 5.41) is 0. The van der Waals surface area contributed by atoms with E-state index in [1.165, 1.54) is 11.3 Å². The van der Waals surface area contributed by atoms with Gasteiger partial charge in [0.15, 0.2) is 0 Å². The van der Waals surface area contributed by atoms with Gasteiger partial charge in [-0.15, -0.1) is 11.3 Å². The van der Waals surface area contributed by atoms with E-state index in [2.05, 4.69) is 25.6 Å². The molecule has 0 spiro atoms. The highest BCUT2D eigenvalue weighted by Crippen LogP contribution is 2.31. The first-order valence-electron chi connectivity index (χ1n) is 7.27. The topological polar surface area (TPSA) is 59.1 Å². The highest BCUT2D eigenvalue weighted by Gasteiger charge is 2.20. The maximum atomic E-state index is 12.7. The first-order chi connectivity index (χ1) is 11.8. The Morgan fingerprint density at radius 2 is 1.80 bits per heavy atom. The molecular formula is C17H14BrClN2O2S2. The number of pyridine rings is 1. The second kappa shape index (κ2) is 7.07. The summed E-state index contributed by atoms with van der Waals surface area (Å²) in [6.07, 6.45) is 1.63. The second-order valence-electron chi connectivity index (χ2n) is 5.51. The molecule has 0 unspecified atom stereocenters. The van der Waals surface area contributed by atoms with E-state index in [1.807, 2.05) is 18.2 Å². The molecule has 0 saturated heterocycles. The van der Waals surface area contributed by atoms with E-state index in [1.54, 1.807) is 38.2 Å². The Labute approximate surface area is 164 Å². The summed E-state index contributed by atoms with van der Waals surface area (Å²) >= 11 is 10.8. The van der Waals surface area contributed by atoms with Crippen LogP contribution in [0.2, 0.25) is 4.34 Å². The zero-order valence-electron chi connectivity index (χ0n) is 13.4. The molecule has 0 atom stereocenters. The number of hydrogen-bond donors (Lipinski definition) is 1. The molecule has 1 N–H and O–H groups in total. The van der Waals surface area contributed by atoms with Gasteiger partial charge in [0, 0.05) is 21.1 Å².